The van der Waals surface area contributed by atoms with Gasteiger partial charge in [0.1, 0.15) is 0 Å². The molecule has 3 heteroatoms. The van der Waals surface area contributed by atoms with Gasteiger partial charge in [-0.2, -0.15) is 0 Å². The molecule has 14 heavy (non-hydrogen) atoms. The molecule has 0 radical (unpaired) electrons. The summed E-state index contributed by atoms with van der Waals surface area (Å²) in [5, 5.41) is 9.75. The third kappa shape index (κ3) is 2.45. The SMILES string of the molecule is CCOc1ncc(C(C)(C)O)cc1C. The molecule has 0 saturated carbocycles. The van der Waals surface area contributed by atoms with Crippen molar-refractivity contribution in [1.82, 2.24) is 4.98 Å². The first-order valence-corrected chi connectivity index (χ1v) is 4.77. The Kier molecular flexibility index (Phi) is 3.11. The van der Waals surface area contributed by atoms with Crippen molar-refractivity contribution in [3.8, 4) is 5.88 Å². The van der Waals surface area contributed by atoms with E-state index in [1.807, 2.05) is 19.9 Å². The lowest BCUT2D eigenvalue weighted by atomic mass is 9.99. The number of aromatic nitrogens is 1. The Hall–Kier alpha value is -1.09. The van der Waals surface area contributed by atoms with Gasteiger partial charge in [-0.1, -0.05) is 0 Å². The number of ether oxygens (including phenoxy) is 1. The van der Waals surface area contributed by atoms with Gasteiger partial charge < -0.3 is 9.84 Å². The number of nitrogens with zero attached hydrogens (tertiary/aromatic N) is 1. The predicted molar refractivity (Wildman–Crippen MR) is 55.4 cm³/mol. The van der Waals surface area contributed by atoms with Crippen molar-refractivity contribution < 1.29 is 9.84 Å². The second-order valence-electron chi connectivity index (χ2n) is 3.84. The summed E-state index contributed by atoms with van der Waals surface area (Å²) >= 11 is 0. The van der Waals surface area contributed by atoms with Crippen molar-refractivity contribution >= 4 is 0 Å². The molecular weight excluding hydrogens is 178 g/mol. The molecule has 0 saturated heterocycles. The van der Waals surface area contributed by atoms with E-state index in [1.165, 1.54) is 0 Å². The van der Waals surface area contributed by atoms with Crippen molar-refractivity contribution in [2.45, 2.75) is 33.3 Å². The Balaban J connectivity index is 3.01. The fraction of sp³-hybridized carbons (Fsp3) is 0.545. The van der Waals surface area contributed by atoms with Crippen LogP contribution in [0.1, 0.15) is 31.9 Å². The van der Waals surface area contributed by atoms with Crippen molar-refractivity contribution in [3.63, 3.8) is 0 Å². The number of hydrogen-bond acceptors (Lipinski definition) is 3. The van der Waals surface area contributed by atoms with Crippen LogP contribution in [-0.2, 0) is 5.60 Å². The van der Waals surface area contributed by atoms with E-state index in [2.05, 4.69) is 4.98 Å². The molecule has 1 heterocycles. The lowest BCUT2D eigenvalue weighted by molar-refractivity contribution is 0.0780. The number of rotatable bonds is 3. The Morgan fingerprint density at radius 1 is 1.50 bits per heavy atom. The van der Waals surface area contributed by atoms with Gasteiger partial charge in [0.25, 0.3) is 0 Å². The molecule has 0 bridgehead atoms. The standard InChI is InChI=1S/C11H17NO2/c1-5-14-10-8(2)6-9(7-12-10)11(3,4)13/h6-7,13H,5H2,1-4H3. The van der Waals surface area contributed by atoms with Crippen LogP contribution in [0.5, 0.6) is 5.88 Å². The van der Waals surface area contributed by atoms with Crippen LogP contribution in [0.4, 0.5) is 0 Å². The molecule has 78 valence electrons. The summed E-state index contributed by atoms with van der Waals surface area (Å²) in [6, 6.07) is 1.90. The zero-order chi connectivity index (χ0) is 10.8. The maximum absolute atomic E-state index is 9.75. The monoisotopic (exact) mass is 195 g/mol. The second kappa shape index (κ2) is 3.96. The van der Waals surface area contributed by atoms with Crippen LogP contribution in [0.25, 0.3) is 0 Å². The summed E-state index contributed by atoms with van der Waals surface area (Å²) in [7, 11) is 0. The van der Waals surface area contributed by atoms with Crippen LogP contribution in [-0.4, -0.2) is 16.7 Å². The molecule has 0 spiro atoms. The van der Waals surface area contributed by atoms with Crippen molar-refractivity contribution in [3.05, 3.63) is 23.4 Å². The average molecular weight is 195 g/mol. The minimum Gasteiger partial charge on any atom is -0.478 e. The first kappa shape index (κ1) is 11.0. The third-order valence-corrected chi connectivity index (χ3v) is 2.02. The minimum atomic E-state index is -0.845. The molecule has 1 aromatic heterocycles. The molecule has 0 aromatic carbocycles. The van der Waals surface area contributed by atoms with E-state index >= 15 is 0 Å². The van der Waals surface area contributed by atoms with E-state index in [1.54, 1.807) is 20.0 Å². The highest BCUT2D eigenvalue weighted by Crippen LogP contribution is 2.23. The van der Waals surface area contributed by atoms with Crippen LogP contribution in [0.2, 0.25) is 0 Å². The van der Waals surface area contributed by atoms with Gasteiger partial charge in [0.2, 0.25) is 5.88 Å². The highest BCUT2D eigenvalue weighted by atomic mass is 16.5. The molecule has 1 rings (SSSR count). The average Bonchev–Trinajstić information content (AvgIpc) is 2.07. The van der Waals surface area contributed by atoms with E-state index in [4.69, 9.17) is 4.74 Å². The number of aryl methyl sites for hydroxylation is 1. The Labute approximate surface area is 84.7 Å². The van der Waals surface area contributed by atoms with E-state index in [0.717, 1.165) is 11.1 Å². The molecule has 0 atom stereocenters. The quantitative estimate of drug-likeness (QED) is 0.802. The molecule has 0 amide bonds. The topological polar surface area (TPSA) is 42.4 Å². The van der Waals surface area contributed by atoms with E-state index in [9.17, 15) is 5.11 Å². The van der Waals surface area contributed by atoms with Gasteiger partial charge in [-0.15, -0.1) is 0 Å². The lowest BCUT2D eigenvalue weighted by Crippen LogP contribution is -2.16. The zero-order valence-corrected chi connectivity index (χ0v) is 9.16. The fourth-order valence-corrected chi connectivity index (χ4v) is 1.18. The third-order valence-electron chi connectivity index (χ3n) is 2.02. The number of pyridine rings is 1. The summed E-state index contributed by atoms with van der Waals surface area (Å²) in [6.45, 7) is 7.93. The van der Waals surface area contributed by atoms with Crippen molar-refractivity contribution in [2.24, 2.45) is 0 Å². The summed E-state index contributed by atoms with van der Waals surface area (Å²) in [5.41, 5.74) is 0.910. The Morgan fingerprint density at radius 2 is 2.14 bits per heavy atom. The normalized spacial score (nSPS) is 11.5. The highest BCUT2D eigenvalue weighted by molar-refractivity contribution is 5.30. The van der Waals surface area contributed by atoms with E-state index in [0.29, 0.717) is 12.5 Å². The van der Waals surface area contributed by atoms with Crippen LogP contribution < -0.4 is 4.74 Å². The maximum atomic E-state index is 9.75. The molecule has 1 N–H and O–H groups in total. The molecule has 3 nitrogen and oxygen atoms in total. The molecule has 0 aliphatic carbocycles. The Morgan fingerprint density at radius 3 is 2.57 bits per heavy atom. The van der Waals surface area contributed by atoms with Crippen molar-refractivity contribution in [2.75, 3.05) is 6.61 Å². The molecule has 0 aliphatic heterocycles. The van der Waals surface area contributed by atoms with Gasteiger partial charge in [-0.3, -0.25) is 0 Å². The van der Waals surface area contributed by atoms with Crippen LogP contribution in [0, 0.1) is 6.92 Å². The second-order valence-corrected chi connectivity index (χ2v) is 3.84. The highest BCUT2D eigenvalue weighted by Gasteiger charge is 2.17. The minimum absolute atomic E-state index is 0.607. The van der Waals surface area contributed by atoms with Gasteiger partial charge in [0, 0.05) is 17.3 Å². The molecule has 0 aliphatic rings. The van der Waals surface area contributed by atoms with Crippen LogP contribution >= 0.6 is 0 Å². The van der Waals surface area contributed by atoms with Crippen LogP contribution in [0.3, 0.4) is 0 Å². The predicted octanol–water partition coefficient (Wildman–Crippen LogP) is 2.02. The van der Waals surface area contributed by atoms with Gasteiger partial charge in [0.15, 0.2) is 0 Å². The first-order valence-electron chi connectivity index (χ1n) is 4.77. The largest absolute Gasteiger partial charge is 0.478 e. The summed E-state index contributed by atoms with van der Waals surface area (Å²) in [5.74, 6) is 0.639. The summed E-state index contributed by atoms with van der Waals surface area (Å²) in [4.78, 5) is 4.15. The van der Waals surface area contributed by atoms with Gasteiger partial charge in [0.05, 0.1) is 12.2 Å². The Bertz CT molecular complexity index is 316. The number of aliphatic hydroxyl groups is 1. The van der Waals surface area contributed by atoms with E-state index < -0.39 is 5.60 Å². The first-order chi connectivity index (χ1) is 6.45. The van der Waals surface area contributed by atoms with Gasteiger partial charge in [-0.05, 0) is 33.8 Å². The molecule has 0 unspecified atom stereocenters. The van der Waals surface area contributed by atoms with Crippen LogP contribution in [0.15, 0.2) is 12.3 Å². The lowest BCUT2D eigenvalue weighted by Gasteiger charge is -2.18. The maximum Gasteiger partial charge on any atom is 0.216 e. The molecule has 1 aromatic rings. The van der Waals surface area contributed by atoms with Gasteiger partial charge >= 0.3 is 0 Å². The van der Waals surface area contributed by atoms with E-state index in [-0.39, 0.29) is 0 Å². The molecular formula is C11H17NO2. The molecule has 0 fully saturated rings. The number of hydrogen-bond donors (Lipinski definition) is 1. The zero-order valence-electron chi connectivity index (χ0n) is 9.16. The van der Waals surface area contributed by atoms with Crippen molar-refractivity contribution in [1.29, 1.82) is 0 Å². The summed E-state index contributed by atoms with van der Waals surface area (Å²) in [6.07, 6.45) is 1.65. The summed E-state index contributed by atoms with van der Waals surface area (Å²) < 4.78 is 5.31. The smallest absolute Gasteiger partial charge is 0.216 e. The fourth-order valence-electron chi connectivity index (χ4n) is 1.18. The van der Waals surface area contributed by atoms with Gasteiger partial charge in [-0.25, -0.2) is 4.98 Å².